The molecule has 1 aliphatic rings. The van der Waals surface area contributed by atoms with Crippen molar-refractivity contribution in [3.8, 4) is 0 Å². The van der Waals surface area contributed by atoms with Crippen molar-refractivity contribution in [3.63, 3.8) is 0 Å². The molecule has 0 radical (unpaired) electrons. The lowest BCUT2D eigenvalue weighted by atomic mass is 10.0. The summed E-state index contributed by atoms with van der Waals surface area (Å²) in [6.07, 6.45) is 0. The largest absolute Gasteiger partial charge is 0.502 e. The number of aryl methyl sites for hydroxylation is 1. The molecule has 0 saturated carbocycles. The first kappa shape index (κ1) is 17.7. The summed E-state index contributed by atoms with van der Waals surface area (Å²) >= 11 is 5.98. The molecule has 1 heterocycles. The third-order valence-electron chi connectivity index (χ3n) is 3.97. The van der Waals surface area contributed by atoms with Crippen LogP contribution in [-0.4, -0.2) is 22.8 Å². The Kier molecular flexibility index (Phi) is 4.52. The number of halogens is 1. The maximum absolute atomic E-state index is 12.8. The van der Waals surface area contributed by atoms with Gasteiger partial charge in [-0.25, -0.2) is 4.90 Å². The monoisotopic (exact) mass is 370 g/mol. The predicted octanol–water partition coefficient (Wildman–Crippen LogP) is 3.45. The number of nitrogens with zero attached hydrogens (tertiary/aromatic N) is 1. The van der Waals surface area contributed by atoms with Crippen molar-refractivity contribution < 1.29 is 19.5 Å². The van der Waals surface area contributed by atoms with Gasteiger partial charge in [-0.05, 0) is 42.3 Å². The fraction of sp³-hybridized carbons (Fsp3) is 0.105. The fourth-order valence-electron chi connectivity index (χ4n) is 2.74. The van der Waals surface area contributed by atoms with Gasteiger partial charge in [0.1, 0.15) is 0 Å². The van der Waals surface area contributed by atoms with Crippen molar-refractivity contribution in [1.29, 1.82) is 0 Å². The number of imide groups is 1. The van der Waals surface area contributed by atoms with Crippen LogP contribution in [0.25, 0.3) is 5.57 Å². The molecule has 0 fully saturated rings. The molecule has 0 bridgehead atoms. The van der Waals surface area contributed by atoms with Crippen molar-refractivity contribution in [2.75, 3.05) is 10.2 Å². The van der Waals surface area contributed by atoms with E-state index in [1.165, 1.54) is 13.0 Å². The molecule has 26 heavy (non-hydrogen) atoms. The molecule has 132 valence electrons. The number of aliphatic hydroxyl groups is 1. The molecule has 0 aliphatic carbocycles. The summed E-state index contributed by atoms with van der Waals surface area (Å²) in [7, 11) is 0. The number of aliphatic hydroxyl groups excluding tert-OH is 1. The Balaban J connectivity index is 1.99. The smallest absolute Gasteiger partial charge is 0.301 e. The van der Waals surface area contributed by atoms with Crippen LogP contribution in [0.3, 0.4) is 0 Å². The molecule has 1 aliphatic heterocycles. The molecule has 2 aromatic carbocycles. The standard InChI is InChI=1S/C19H15ClN2O4/c1-10-3-6-13(20)9-15(10)22-18(25)16(17(24)19(22)26)12-4-7-14(8-5-12)21-11(2)23/h3-9,24H,1-2H3,(H,21,23). The summed E-state index contributed by atoms with van der Waals surface area (Å²) in [5.74, 6) is -2.29. The first-order valence-electron chi connectivity index (χ1n) is 7.76. The van der Waals surface area contributed by atoms with Crippen LogP contribution in [0.2, 0.25) is 5.02 Å². The van der Waals surface area contributed by atoms with Crippen molar-refractivity contribution in [2.24, 2.45) is 0 Å². The first-order chi connectivity index (χ1) is 12.3. The molecular weight excluding hydrogens is 356 g/mol. The zero-order valence-corrected chi connectivity index (χ0v) is 14.8. The minimum atomic E-state index is -0.804. The molecule has 0 saturated heterocycles. The molecule has 2 N–H and O–H groups in total. The molecule has 3 amide bonds. The fourth-order valence-corrected chi connectivity index (χ4v) is 2.91. The second kappa shape index (κ2) is 6.65. The highest BCUT2D eigenvalue weighted by atomic mass is 35.5. The summed E-state index contributed by atoms with van der Waals surface area (Å²) in [5.41, 5.74) is 1.82. The summed E-state index contributed by atoms with van der Waals surface area (Å²) in [4.78, 5) is 37.3. The normalized spacial score (nSPS) is 14.2. The van der Waals surface area contributed by atoms with Crippen molar-refractivity contribution >= 4 is 46.3 Å². The highest BCUT2D eigenvalue weighted by molar-refractivity contribution is 6.45. The Labute approximate surface area is 154 Å². The topological polar surface area (TPSA) is 86.7 Å². The molecule has 2 aromatic rings. The molecule has 0 aromatic heterocycles. The molecule has 3 rings (SSSR count). The summed E-state index contributed by atoms with van der Waals surface area (Å²) < 4.78 is 0. The van der Waals surface area contributed by atoms with Gasteiger partial charge in [-0.15, -0.1) is 0 Å². The van der Waals surface area contributed by atoms with Crippen LogP contribution in [-0.2, 0) is 14.4 Å². The number of hydrogen-bond acceptors (Lipinski definition) is 4. The minimum absolute atomic E-state index is 0.0937. The van der Waals surface area contributed by atoms with E-state index in [0.717, 1.165) is 4.90 Å². The van der Waals surface area contributed by atoms with Gasteiger partial charge in [0.25, 0.3) is 5.91 Å². The molecule has 0 atom stereocenters. The predicted molar refractivity (Wildman–Crippen MR) is 99.0 cm³/mol. The van der Waals surface area contributed by atoms with E-state index in [-0.39, 0.29) is 11.5 Å². The Morgan fingerprint density at radius 1 is 1.08 bits per heavy atom. The van der Waals surface area contributed by atoms with Gasteiger partial charge in [0.15, 0.2) is 5.76 Å². The van der Waals surface area contributed by atoms with Crippen LogP contribution in [0.15, 0.2) is 48.2 Å². The van der Waals surface area contributed by atoms with E-state index in [0.29, 0.717) is 27.5 Å². The van der Waals surface area contributed by atoms with Crippen LogP contribution in [0.1, 0.15) is 18.1 Å². The SMILES string of the molecule is CC(=O)Nc1ccc(C2=C(O)C(=O)N(c3cc(Cl)ccc3C)C2=O)cc1. The summed E-state index contributed by atoms with van der Waals surface area (Å²) in [6, 6.07) is 11.1. The van der Waals surface area contributed by atoms with E-state index >= 15 is 0 Å². The molecular formula is C19H15ClN2O4. The number of anilines is 2. The van der Waals surface area contributed by atoms with Gasteiger partial charge in [0, 0.05) is 17.6 Å². The van der Waals surface area contributed by atoms with E-state index in [4.69, 9.17) is 11.6 Å². The van der Waals surface area contributed by atoms with Crippen LogP contribution in [0.5, 0.6) is 0 Å². The van der Waals surface area contributed by atoms with Crippen LogP contribution in [0.4, 0.5) is 11.4 Å². The van der Waals surface area contributed by atoms with Crippen LogP contribution in [0, 0.1) is 6.92 Å². The van der Waals surface area contributed by atoms with Gasteiger partial charge >= 0.3 is 5.91 Å². The third kappa shape index (κ3) is 3.07. The highest BCUT2D eigenvalue weighted by Gasteiger charge is 2.40. The van der Waals surface area contributed by atoms with Crippen molar-refractivity contribution in [3.05, 3.63) is 64.4 Å². The zero-order chi connectivity index (χ0) is 19.0. The second-order valence-corrected chi connectivity index (χ2v) is 6.30. The Morgan fingerprint density at radius 2 is 1.73 bits per heavy atom. The van der Waals surface area contributed by atoms with Gasteiger partial charge in [-0.2, -0.15) is 0 Å². The van der Waals surface area contributed by atoms with Gasteiger partial charge in [0.05, 0.1) is 11.3 Å². The lowest BCUT2D eigenvalue weighted by Gasteiger charge is -2.17. The lowest BCUT2D eigenvalue weighted by Crippen LogP contribution is -2.32. The number of carbonyl (C=O) groups excluding carboxylic acids is 3. The molecule has 0 unspecified atom stereocenters. The Morgan fingerprint density at radius 3 is 2.35 bits per heavy atom. The van der Waals surface area contributed by atoms with E-state index < -0.39 is 17.6 Å². The molecule has 0 spiro atoms. The quantitative estimate of drug-likeness (QED) is 0.810. The number of nitrogens with one attached hydrogen (secondary N) is 1. The van der Waals surface area contributed by atoms with Gasteiger partial charge in [0.2, 0.25) is 5.91 Å². The van der Waals surface area contributed by atoms with E-state index in [9.17, 15) is 19.5 Å². The van der Waals surface area contributed by atoms with Crippen molar-refractivity contribution in [2.45, 2.75) is 13.8 Å². The van der Waals surface area contributed by atoms with E-state index in [2.05, 4.69) is 5.32 Å². The van der Waals surface area contributed by atoms with Crippen molar-refractivity contribution in [1.82, 2.24) is 0 Å². The van der Waals surface area contributed by atoms with Gasteiger partial charge in [-0.1, -0.05) is 29.8 Å². The summed E-state index contributed by atoms with van der Waals surface area (Å²) in [6.45, 7) is 3.12. The highest BCUT2D eigenvalue weighted by Crippen LogP contribution is 2.34. The number of amides is 3. The number of rotatable bonds is 3. The average molecular weight is 371 g/mol. The first-order valence-corrected chi connectivity index (χ1v) is 8.13. The Bertz CT molecular complexity index is 964. The maximum Gasteiger partial charge on any atom is 0.301 e. The van der Waals surface area contributed by atoms with Crippen LogP contribution < -0.4 is 10.2 Å². The minimum Gasteiger partial charge on any atom is -0.502 e. The van der Waals surface area contributed by atoms with E-state index in [1.54, 1.807) is 43.3 Å². The maximum atomic E-state index is 12.8. The number of benzene rings is 2. The molecule has 6 nitrogen and oxygen atoms in total. The molecule has 7 heteroatoms. The second-order valence-electron chi connectivity index (χ2n) is 5.86. The summed E-state index contributed by atoms with van der Waals surface area (Å²) in [5, 5.41) is 13.2. The number of hydrogen-bond donors (Lipinski definition) is 2. The third-order valence-corrected chi connectivity index (χ3v) is 4.20. The Hall–Kier alpha value is -3.12. The van der Waals surface area contributed by atoms with Crippen LogP contribution >= 0.6 is 11.6 Å². The number of carbonyl (C=O) groups is 3. The van der Waals surface area contributed by atoms with E-state index in [1.807, 2.05) is 0 Å². The zero-order valence-electron chi connectivity index (χ0n) is 14.0. The average Bonchev–Trinajstić information content (AvgIpc) is 2.80. The van der Waals surface area contributed by atoms with Gasteiger partial charge in [-0.3, -0.25) is 14.4 Å². The lowest BCUT2D eigenvalue weighted by molar-refractivity contribution is -0.121. The van der Waals surface area contributed by atoms with Gasteiger partial charge < -0.3 is 10.4 Å².